The van der Waals surface area contributed by atoms with Crippen molar-refractivity contribution in [1.82, 2.24) is 9.88 Å². The summed E-state index contributed by atoms with van der Waals surface area (Å²) >= 11 is 0. The van der Waals surface area contributed by atoms with E-state index >= 15 is 0 Å². The Balaban J connectivity index is 2.06. The third-order valence-electron chi connectivity index (χ3n) is 4.92. The minimum atomic E-state index is -0.119. The van der Waals surface area contributed by atoms with Crippen LogP contribution in [0.25, 0.3) is 0 Å². The molecule has 0 bridgehead atoms. The zero-order valence-corrected chi connectivity index (χ0v) is 14.8. The first-order valence-corrected chi connectivity index (χ1v) is 8.63. The number of likely N-dealkylation sites (N-methyl/N-ethyl adjacent to an activating group) is 1. The van der Waals surface area contributed by atoms with E-state index < -0.39 is 0 Å². The van der Waals surface area contributed by atoms with Gasteiger partial charge >= 0.3 is 0 Å². The average Bonchev–Trinajstić information content (AvgIpc) is 2.63. The smallest absolute Gasteiger partial charge is 0.260 e. The van der Waals surface area contributed by atoms with Gasteiger partial charge in [0.05, 0.1) is 17.6 Å². The number of aromatic nitrogens is 1. The van der Waals surface area contributed by atoms with Crippen LogP contribution in [0.4, 0.5) is 5.69 Å². The van der Waals surface area contributed by atoms with Crippen LogP contribution in [0.15, 0.2) is 48.8 Å². The number of nitrogens with zero attached hydrogens (tertiary/aromatic N) is 3. The van der Waals surface area contributed by atoms with Crippen LogP contribution >= 0.6 is 0 Å². The SMILES string of the molecule is CCN(C(C)=O)[C@@H]1Cc2ccccc2N(C(=O)c2cccnc2)[C@@H]1C. The van der Waals surface area contributed by atoms with Gasteiger partial charge in [-0.1, -0.05) is 18.2 Å². The lowest BCUT2D eigenvalue weighted by molar-refractivity contribution is -0.131. The lowest BCUT2D eigenvalue weighted by Crippen LogP contribution is -2.57. The fourth-order valence-corrected chi connectivity index (χ4v) is 3.69. The summed E-state index contributed by atoms with van der Waals surface area (Å²) in [6, 6.07) is 11.3. The van der Waals surface area contributed by atoms with E-state index in [1.165, 1.54) is 0 Å². The second-order valence-electron chi connectivity index (χ2n) is 6.36. The number of fused-ring (bicyclic) bond motifs is 1. The number of amides is 2. The minimum absolute atomic E-state index is 0.0347. The second kappa shape index (κ2) is 7.05. The number of rotatable bonds is 3. The molecule has 0 fully saturated rings. The fraction of sp³-hybridized carbons (Fsp3) is 0.350. The molecule has 2 amide bonds. The van der Waals surface area contributed by atoms with Crippen molar-refractivity contribution in [3.8, 4) is 0 Å². The largest absolute Gasteiger partial charge is 0.338 e. The molecular weight excluding hydrogens is 314 g/mol. The van der Waals surface area contributed by atoms with E-state index in [-0.39, 0.29) is 23.9 Å². The summed E-state index contributed by atoms with van der Waals surface area (Å²) < 4.78 is 0. The summed E-state index contributed by atoms with van der Waals surface area (Å²) in [5.41, 5.74) is 2.55. The van der Waals surface area contributed by atoms with Crippen molar-refractivity contribution < 1.29 is 9.59 Å². The lowest BCUT2D eigenvalue weighted by atomic mass is 9.90. The molecule has 3 rings (SSSR count). The van der Waals surface area contributed by atoms with Crippen LogP contribution in [0.5, 0.6) is 0 Å². The summed E-state index contributed by atoms with van der Waals surface area (Å²) in [5.74, 6) is -0.0511. The Kier molecular flexibility index (Phi) is 4.83. The molecular formula is C20H23N3O2. The number of pyridine rings is 1. The lowest BCUT2D eigenvalue weighted by Gasteiger charge is -2.45. The first kappa shape index (κ1) is 17.1. The summed E-state index contributed by atoms with van der Waals surface area (Å²) in [5, 5.41) is 0. The summed E-state index contributed by atoms with van der Waals surface area (Å²) in [7, 11) is 0. The maximum absolute atomic E-state index is 13.2. The minimum Gasteiger partial charge on any atom is -0.338 e. The highest BCUT2D eigenvalue weighted by Gasteiger charge is 2.38. The van der Waals surface area contributed by atoms with Crippen molar-refractivity contribution in [2.45, 2.75) is 39.3 Å². The zero-order valence-electron chi connectivity index (χ0n) is 14.8. The van der Waals surface area contributed by atoms with Crippen molar-refractivity contribution in [2.75, 3.05) is 11.4 Å². The highest BCUT2D eigenvalue weighted by molar-refractivity contribution is 6.07. The first-order valence-electron chi connectivity index (χ1n) is 8.63. The van der Waals surface area contributed by atoms with Gasteiger partial charge in [-0.25, -0.2) is 0 Å². The molecule has 2 atom stereocenters. The van der Waals surface area contributed by atoms with Crippen LogP contribution in [-0.2, 0) is 11.2 Å². The van der Waals surface area contributed by atoms with Crippen LogP contribution in [0.3, 0.4) is 0 Å². The van der Waals surface area contributed by atoms with Crippen molar-refractivity contribution in [3.05, 3.63) is 59.9 Å². The van der Waals surface area contributed by atoms with Crippen molar-refractivity contribution >= 4 is 17.5 Å². The maximum atomic E-state index is 13.2. The van der Waals surface area contributed by atoms with Crippen LogP contribution in [-0.4, -0.2) is 40.3 Å². The third kappa shape index (κ3) is 3.14. The molecule has 1 aromatic carbocycles. The normalized spacial score (nSPS) is 19.2. The van der Waals surface area contributed by atoms with Crippen LogP contribution in [0, 0.1) is 0 Å². The molecule has 2 aromatic rings. The predicted octanol–water partition coefficient (Wildman–Crippen LogP) is 2.91. The number of anilines is 1. The molecule has 5 heteroatoms. The average molecular weight is 337 g/mol. The number of hydrogen-bond donors (Lipinski definition) is 0. The van der Waals surface area contributed by atoms with E-state index in [0.717, 1.165) is 17.7 Å². The van der Waals surface area contributed by atoms with Crippen LogP contribution in [0.1, 0.15) is 36.7 Å². The van der Waals surface area contributed by atoms with E-state index in [9.17, 15) is 9.59 Å². The molecule has 2 heterocycles. The van der Waals surface area contributed by atoms with Crippen molar-refractivity contribution in [1.29, 1.82) is 0 Å². The van der Waals surface area contributed by atoms with E-state index in [2.05, 4.69) is 4.98 Å². The molecule has 1 aromatic heterocycles. The predicted molar refractivity (Wildman–Crippen MR) is 97.5 cm³/mol. The van der Waals surface area contributed by atoms with Crippen molar-refractivity contribution in [2.24, 2.45) is 0 Å². The Morgan fingerprint density at radius 3 is 2.64 bits per heavy atom. The molecule has 130 valence electrons. The number of carbonyl (C=O) groups is 2. The monoisotopic (exact) mass is 337 g/mol. The Labute approximate surface area is 148 Å². The molecule has 1 aliphatic heterocycles. The molecule has 0 saturated carbocycles. The van der Waals surface area contributed by atoms with Crippen LogP contribution < -0.4 is 4.90 Å². The number of hydrogen-bond acceptors (Lipinski definition) is 3. The van der Waals surface area contributed by atoms with Gasteiger partial charge in [-0.3, -0.25) is 14.6 Å². The highest BCUT2D eigenvalue weighted by Crippen LogP contribution is 2.34. The van der Waals surface area contributed by atoms with E-state index in [4.69, 9.17) is 0 Å². The molecule has 0 saturated heterocycles. The Hall–Kier alpha value is -2.69. The van der Waals surface area contributed by atoms with Gasteiger partial charge in [0.2, 0.25) is 5.91 Å². The van der Waals surface area contributed by atoms with Gasteiger partial charge < -0.3 is 9.80 Å². The van der Waals surface area contributed by atoms with Crippen molar-refractivity contribution in [3.63, 3.8) is 0 Å². The van der Waals surface area contributed by atoms with Gasteiger partial charge in [0.25, 0.3) is 5.91 Å². The molecule has 0 radical (unpaired) electrons. The molecule has 5 nitrogen and oxygen atoms in total. The first-order chi connectivity index (χ1) is 12.0. The van der Waals surface area contributed by atoms with Gasteiger partial charge in [-0.2, -0.15) is 0 Å². The van der Waals surface area contributed by atoms with Gasteiger partial charge in [0, 0.05) is 31.5 Å². The van der Waals surface area contributed by atoms with Gasteiger partial charge in [0.15, 0.2) is 0 Å². The zero-order chi connectivity index (χ0) is 18.0. The summed E-state index contributed by atoms with van der Waals surface area (Å²) in [6.45, 7) is 6.20. The van der Waals surface area contributed by atoms with Gasteiger partial charge in [-0.15, -0.1) is 0 Å². The third-order valence-corrected chi connectivity index (χ3v) is 4.92. The molecule has 0 aliphatic carbocycles. The summed E-state index contributed by atoms with van der Waals surface area (Å²) in [4.78, 5) is 33.0. The van der Waals surface area contributed by atoms with E-state index in [1.54, 1.807) is 31.5 Å². The Morgan fingerprint density at radius 1 is 1.24 bits per heavy atom. The van der Waals surface area contributed by atoms with E-state index in [0.29, 0.717) is 12.1 Å². The molecule has 0 unspecified atom stereocenters. The van der Waals surface area contributed by atoms with E-state index in [1.807, 2.05) is 47.9 Å². The molecule has 1 aliphatic rings. The molecule has 25 heavy (non-hydrogen) atoms. The molecule has 0 spiro atoms. The second-order valence-corrected chi connectivity index (χ2v) is 6.36. The quantitative estimate of drug-likeness (QED) is 0.865. The number of para-hydroxylation sites is 1. The number of carbonyl (C=O) groups excluding carboxylic acids is 2. The topological polar surface area (TPSA) is 53.5 Å². The Morgan fingerprint density at radius 2 is 2.00 bits per heavy atom. The summed E-state index contributed by atoms with van der Waals surface area (Å²) in [6.07, 6.45) is 3.99. The van der Waals surface area contributed by atoms with Crippen LogP contribution in [0.2, 0.25) is 0 Å². The number of benzene rings is 1. The maximum Gasteiger partial charge on any atom is 0.260 e. The highest BCUT2D eigenvalue weighted by atomic mass is 16.2. The Bertz CT molecular complexity index is 776. The van der Waals surface area contributed by atoms with Gasteiger partial charge in [-0.05, 0) is 44.0 Å². The van der Waals surface area contributed by atoms with Gasteiger partial charge in [0.1, 0.15) is 0 Å². The standard InChI is InChI=1S/C20H23N3O2/c1-4-22(15(3)24)19-12-16-8-5-6-10-18(16)23(14(19)2)20(25)17-9-7-11-21-13-17/h5-11,13-14,19H,4,12H2,1-3H3/t14-,19-/m1/s1. The fourth-order valence-electron chi connectivity index (χ4n) is 3.69. The molecule has 0 N–H and O–H groups in total.